The molecule has 0 bridgehead atoms. The highest BCUT2D eigenvalue weighted by atomic mass is 16.7. The first-order valence-electron chi connectivity index (χ1n) is 6.89. The zero-order valence-electron chi connectivity index (χ0n) is 12.0. The Hall–Kier alpha value is -2.09. The second kappa shape index (κ2) is 8.25. The number of aliphatic imine (C=N–C) groups is 1. The van der Waals surface area contributed by atoms with E-state index in [0.717, 1.165) is 19.5 Å². The van der Waals surface area contributed by atoms with Gasteiger partial charge in [-0.1, -0.05) is 24.7 Å². The number of carbonyl (C=O) groups is 1. The Morgan fingerprint density at radius 3 is 3.10 bits per heavy atom. The Labute approximate surface area is 123 Å². The van der Waals surface area contributed by atoms with Crippen molar-refractivity contribution in [3.8, 4) is 0 Å². The molecule has 0 atom stereocenters. The molecule has 2 N–H and O–H groups in total. The smallest absolute Gasteiger partial charge is 0.281 e. The summed E-state index contributed by atoms with van der Waals surface area (Å²) in [5, 5.41) is 1.95. The van der Waals surface area contributed by atoms with Gasteiger partial charge in [0.1, 0.15) is 0 Å². The predicted octanol–water partition coefficient (Wildman–Crippen LogP) is 1.23. The van der Waals surface area contributed by atoms with Crippen LogP contribution in [0.2, 0.25) is 0 Å². The first-order valence-corrected chi connectivity index (χ1v) is 6.89. The molecule has 2 rings (SSSR count). The number of amides is 1. The number of nitrogens with zero attached hydrogens (tertiary/aromatic N) is 3. The minimum absolute atomic E-state index is 0.309. The number of aromatic nitrogens is 1. The van der Waals surface area contributed by atoms with Crippen LogP contribution in [-0.2, 0) is 4.84 Å². The fraction of sp³-hybridized carbons (Fsp3) is 0.357. The van der Waals surface area contributed by atoms with E-state index in [4.69, 9.17) is 4.84 Å². The Kier molecular flexibility index (Phi) is 6.01. The molecule has 2 heterocycles. The molecule has 0 aromatic carbocycles. The fourth-order valence-corrected chi connectivity index (χ4v) is 1.73. The molecule has 0 radical (unpaired) electrons. The number of rotatable bonds is 5. The van der Waals surface area contributed by atoms with Crippen molar-refractivity contribution in [3.63, 3.8) is 0 Å². The van der Waals surface area contributed by atoms with Gasteiger partial charge in [0.25, 0.3) is 5.91 Å². The van der Waals surface area contributed by atoms with Gasteiger partial charge >= 0.3 is 0 Å². The lowest BCUT2D eigenvalue weighted by Crippen LogP contribution is -2.48. The van der Waals surface area contributed by atoms with Gasteiger partial charge in [0.15, 0.2) is 0 Å². The normalized spacial score (nSPS) is 16.0. The number of hydrogen-bond acceptors (Lipinski definition) is 6. The quantitative estimate of drug-likeness (QED) is 0.367. The van der Waals surface area contributed by atoms with Crippen molar-refractivity contribution in [2.75, 3.05) is 13.1 Å². The molecule has 1 aromatic heterocycles. The molecule has 1 aliphatic heterocycles. The van der Waals surface area contributed by atoms with E-state index >= 15 is 0 Å². The number of hydrogen-bond donors (Lipinski definition) is 2. The minimum atomic E-state index is -0.373. The molecule has 0 saturated heterocycles. The van der Waals surface area contributed by atoms with Crippen LogP contribution in [0, 0.1) is 0 Å². The maximum Gasteiger partial charge on any atom is 0.281 e. The summed E-state index contributed by atoms with van der Waals surface area (Å²) in [6.07, 6.45) is 8.77. The maximum absolute atomic E-state index is 11.9. The Balaban J connectivity index is 1.83. The molecule has 0 spiro atoms. The molecule has 7 nitrogen and oxygen atoms in total. The number of carbonyl (C=O) groups excluding carboxylic acids is 1. The van der Waals surface area contributed by atoms with Crippen LogP contribution in [0.1, 0.15) is 30.1 Å². The van der Waals surface area contributed by atoms with E-state index in [1.54, 1.807) is 18.3 Å². The number of pyridine rings is 1. The molecule has 1 aromatic rings. The predicted molar refractivity (Wildman–Crippen MR) is 79.0 cm³/mol. The SMILES string of the molecule is CC/C(=N\C(=O)c1cccnc1)ONNN1CC=CCC1. The van der Waals surface area contributed by atoms with Crippen molar-refractivity contribution in [2.45, 2.75) is 19.8 Å². The molecule has 0 aliphatic carbocycles. The lowest BCUT2D eigenvalue weighted by Gasteiger charge is -2.23. The topological polar surface area (TPSA) is 78.8 Å². The molecule has 7 heteroatoms. The third-order valence-corrected chi connectivity index (χ3v) is 2.87. The summed E-state index contributed by atoms with van der Waals surface area (Å²) in [5.41, 5.74) is 5.94. The van der Waals surface area contributed by atoms with Crippen LogP contribution >= 0.6 is 0 Å². The van der Waals surface area contributed by atoms with Crippen molar-refractivity contribution < 1.29 is 9.63 Å². The zero-order valence-corrected chi connectivity index (χ0v) is 12.0. The summed E-state index contributed by atoms with van der Waals surface area (Å²) in [6, 6.07) is 3.36. The Bertz CT molecular complexity index is 515. The lowest BCUT2D eigenvalue weighted by atomic mass is 10.3. The highest BCUT2D eigenvalue weighted by Crippen LogP contribution is 2.00. The molecule has 0 fully saturated rings. The molecule has 112 valence electrons. The van der Waals surface area contributed by atoms with Crippen molar-refractivity contribution in [3.05, 3.63) is 42.2 Å². The van der Waals surface area contributed by atoms with Crippen molar-refractivity contribution >= 4 is 11.8 Å². The molecule has 0 unspecified atom stereocenters. The lowest BCUT2D eigenvalue weighted by molar-refractivity contribution is 0.0307. The summed E-state index contributed by atoms with van der Waals surface area (Å²) < 4.78 is 0. The van der Waals surface area contributed by atoms with E-state index in [-0.39, 0.29) is 5.91 Å². The van der Waals surface area contributed by atoms with E-state index in [0.29, 0.717) is 17.9 Å². The second-order valence-corrected chi connectivity index (χ2v) is 4.43. The van der Waals surface area contributed by atoms with Crippen molar-refractivity contribution in [1.29, 1.82) is 0 Å². The number of nitrogens with one attached hydrogen (secondary N) is 2. The molecule has 21 heavy (non-hydrogen) atoms. The molecule has 1 amide bonds. The first kappa shape index (κ1) is 15.3. The average molecular weight is 289 g/mol. The van der Waals surface area contributed by atoms with Gasteiger partial charge in [-0.2, -0.15) is 10.5 Å². The Morgan fingerprint density at radius 1 is 1.52 bits per heavy atom. The van der Waals surface area contributed by atoms with E-state index in [2.05, 4.69) is 33.3 Å². The van der Waals surface area contributed by atoms with Crippen LogP contribution in [-0.4, -0.2) is 34.9 Å². The summed E-state index contributed by atoms with van der Waals surface area (Å²) in [6.45, 7) is 3.55. The maximum atomic E-state index is 11.9. The highest BCUT2D eigenvalue weighted by Gasteiger charge is 2.08. The highest BCUT2D eigenvalue weighted by molar-refractivity contribution is 6.01. The number of hydrazine groups is 2. The van der Waals surface area contributed by atoms with E-state index in [1.807, 2.05) is 11.9 Å². The molecule has 0 saturated carbocycles. The van der Waals surface area contributed by atoms with Crippen molar-refractivity contribution in [2.24, 2.45) is 4.99 Å². The van der Waals surface area contributed by atoms with Crippen LogP contribution in [0.15, 0.2) is 41.7 Å². The van der Waals surface area contributed by atoms with Gasteiger partial charge in [0, 0.05) is 31.9 Å². The molecular formula is C14H19N5O2. The summed E-state index contributed by atoms with van der Waals surface area (Å²) in [7, 11) is 0. The van der Waals surface area contributed by atoms with E-state index in [9.17, 15) is 4.79 Å². The third-order valence-electron chi connectivity index (χ3n) is 2.87. The van der Waals surface area contributed by atoms with Crippen LogP contribution in [0.25, 0.3) is 0 Å². The van der Waals surface area contributed by atoms with Gasteiger partial charge in [-0.25, -0.2) is 5.01 Å². The van der Waals surface area contributed by atoms with Crippen LogP contribution in [0.4, 0.5) is 0 Å². The molecule has 1 aliphatic rings. The van der Waals surface area contributed by atoms with Gasteiger partial charge in [0.05, 0.1) is 5.56 Å². The standard InChI is InChI=1S/C14H19N5O2/c1-2-13(16-14(20)12-7-6-8-15-11-12)21-18-17-19-9-4-3-5-10-19/h3-4,6-8,11,17-18H,2,5,9-10H2,1H3/b16-13+. The first-order chi connectivity index (χ1) is 10.3. The zero-order chi connectivity index (χ0) is 14.9. The Morgan fingerprint density at radius 2 is 2.43 bits per heavy atom. The largest absolute Gasteiger partial charge is 0.377 e. The minimum Gasteiger partial charge on any atom is -0.377 e. The summed E-state index contributed by atoms with van der Waals surface area (Å²) in [5.74, 6) is -0.0634. The third kappa shape index (κ3) is 5.07. The fourth-order valence-electron chi connectivity index (χ4n) is 1.73. The van der Waals surface area contributed by atoms with E-state index < -0.39 is 0 Å². The average Bonchev–Trinajstić information content (AvgIpc) is 2.55. The monoisotopic (exact) mass is 289 g/mol. The van der Waals surface area contributed by atoms with Crippen molar-refractivity contribution in [1.82, 2.24) is 21.1 Å². The molecular weight excluding hydrogens is 270 g/mol. The second-order valence-electron chi connectivity index (χ2n) is 4.43. The van der Waals surface area contributed by atoms with Gasteiger partial charge in [-0.05, 0) is 18.6 Å². The van der Waals surface area contributed by atoms with Crippen LogP contribution in [0.3, 0.4) is 0 Å². The van der Waals surface area contributed by atoms with Gasteiger partial charge < -0.3 is 4.84 Å². The van der Waals surface area contributed by atoms with E-state index in [1.165, 1.54) is 6.20 Å². The van der Waals surface area contributed by atoms with Gasteiger partial charge in [0.2, 0.25) is 5.90 Å². The van der Waals surface area contributed by atoms with Gasteiger partial charge in [-0.3, -0.25) is 9.78 Å². The van der Waals surface area contributed by atoms with Gasteiger partial charge in [-0.15, -0.1) is 0 Å². The summed E-state index contributed by atoms with van der Waals surface area (Å²) >= 11 is 0. The summed E-state index contributed by atoms with van der Waals surface area (Å²) in [4.78, 5) is 25.0. The van der Waals surface area contributed by atoms with Crippen LogP contribution in [0.5, 0.6) is 0 Å². The van der Waals surface area contributed by atoms with Crippen LogP contribution < -0.4 is 11.1 Å².